The van der Waals surface area contributed by atoms with Gasteiger partial charge in [-0.3, -0.25) is 4.79 Å². The topological polar surface area (TPSA) is 134 Å². The summed E-state index contributed by atoms with van der Waals surface area (Å²) in [4.78, 5) is 11.3. The summed E-state index contributed by atoms with van der Waals surface area (Å²) in [7, 11) is 0. The van der Waals surface area contributed by atoms with E-state index in [4.69, 9.17) is 15.2 Å². The van der Waals surface area contributed by atoms with Crippen molar-refractivity contribution in [2.24, 2.45) is 0 Å². The van der Waals surface area contributed by atoms with Gasteiger partial charge in [-0.05, 0) is 24.3 Å². The van der Waals surface area contributed by atoms with E-state index in [1.807, 2.05) is 0 Å². The zero-order chi connectivity index (χ0) is 16.3. The largest absolute Gasteiger partial charge is 0.463 e. The number of hydrogen-bond acceptors (Lipinski definition) is 7. The van der Waals surface area contributed by atoms with Gasteiger partial charge in [0.1, 0.15) is 30.1 Å². The fraction of sp³-hybridized carbons (Fsp3) is 0.500. The van der Waals surface area contributed by atoms with Crippen molar-refractivity contribution in [3.8, 4) is 5.75 Å². The molecule has 1 saturated heterocycles. The summed E-state index contributed by atoms with van der Waals surface area (Å²) in [5.74, 6) is 0.00281. The van der Waals surface area contributed by atoms with Crippen molar-refractivity contribution >= 4 is 11.6 Å². The molecule has 0 saturated carbocycles. The van der Waals surface area contributed by atoms with Gasteiger partial charge in [-0.25, -0.2) is 0 Å². The molecule has 1 unspecified atom stereocenters. The van der Waals surface area contributed by atoms with E-state index in [9.17, 15) is 20.1 Å². The highest BCUT2D eigenvalue weighted by molar-refractivity contribution is 5.73. The number of nitrogen functional groups attached to an aromatic ring is 1. The number of aliphatic hydroxyl groups excluding tert-OH is 3. The maximum atomic E-state index is 11.3. The van der Waals surface area contributed by atoms with Crippen LogP contribution in [0.5, 0.6) is 5.75 Å². The van der Waals surface area contributed by atoms with E-state index in [-0.39, 0.29) is 0 Å². The second-order valence-electron chi connectivity index (χ2n) is 5.12. The third-order valence-electron chi connectivity index (χ3n) is 3.38. The van der Waals surface area contributed by atoms with Crippen LogP contribution < -0.4 is 15.8 Å². The Labute approximate surface area is 127 Å². The molecule has 1 aromatic carbocycles. The minimum Gasteiger partial charge on any atom is -0.463 e. The van der Waals surface area contributed by atoms with Crippen LogP contribution in [-0.4, -0.2) is 58.5 Å². The number of carbonyl (C=O) groups excluding carboxylic acids is 1. The predicted octanol–water partition coefficient (Wildman–Crippen LogP) is -1.41. The molecular weight excluding hydrogens is 292 g/mol. The van der Waals surface area contributed by atoms with Crippen LogP contribution in [0.1, 0.15) is 6.92 Å². The number of hydrogen-bond donors (Lipinski definition) is 5. The van der Waals surface area contributed by atoms with Gasteiger partial charge in [0, 0.05) is 12.6 Å². The molecule has 0 spiro atoms. The molecule has 8 nitrogen and oxygen atoms in total. The van der Waals surface area contributed by atoms with Crippen LogP contribution in [0.25, 0.3) is 0 Å². The Morgan fingerprint density at radius 2 is 1.95 bits per heavy atom. The van der Waals surface area contributed by atoms with Gasteiger partial charge in [-0.2, -0.15) is 0 Å². The Hall–Kier alpha value is -1.87. The molecule has 122 valence electrons. The maximum Gasteiger partial charge on any atom is 0.223 e. The van der Waals surface area contributed by atoms with Gasteiger partial charge in [0.2, 0.25) is 12.2 Å². The van der Waals surface area contributed by atoms with Crippen molar-refractivity contribution in [3.63, 3.8) is 0 Å². The van der Waals surface area contributed by atoms with E-state index in [1.165, 1.54) is 6.92 Å². The summed E-state index contributed by atoms with van der Waals surface area (Å²) >= 11 is 0. The van der Waals surface area contributed by atoms with E-state index < -0.39 is 43.2 Å². The third kappa shape index (κ3) is 3.66. The first-order chi connectivity index (χ1) is 10.4. The monoisotopic (exact) mass is 312 g/mol. The Bertz CT molecular complexity index is 509. The molecule has 1 fully saturated rings. The Balaban J connectivity index is 2.18. The van der Waals surface area contributed by atoms with Crippen molar-refractivity contribution in [3.05, 3.63) is 24.3 Å². The minimum atomic E-state index is -1.34. The maximum absolute atomic E-state index is 11.3. The standard InChI is InChI=1S/C14H20N2O6/c1-7(18)16-11-13(20)12(19)10(6-17)22-14(11)21-9-4-2-8(15)3-5-9/h2-5,10-14,17,19-20H,6,15H2,1H3,(H,16,18)/t10?,11-,12+,13+,14+/m0/s1. The van der Waals surface area contributed by atoms with Gasteiger partial charge >= 0.3 is 0 Å². The SMILES string of the molecule is CC(=O)N[C@@H]1[C@H](Oc2ccc(N)cc2)OC(CO)[C@@H](O)[C@@H]1O. The van der Waals surface area contributed by atoms with Crippen molar-refractivity contribution in [2.75, 3.05) is 12.3 Å². The van der Waals surface area contributed by atoms with E-state index in [2.05, 4.69) is 5.32 Å². The van der Waals surface area contributed by atoms with Crippen LogP contribution in [0.3, 0.4) is 0 Å². The van der Waals surface area contributed by atoms with Gasteiger partial charge in [0.25, 0.3) is 0 Å². The Morgan fingerprint density at radius 3 is 2.50 bits per heavy atom. The molecule has 1 heterocycles. The van der Waals surface area contributed by atoms with E-state index in [0.29, 0.717) is 11.4 Å². The van der Waals surface area contributed by atoms with Gasteiger partial charge in [-0.1, -0.05) is 0 Å². The van der Waals surface area contributed by atoms with Crippen LogP contribution in [0.15, 0.2) is 24.3 Å². The van der Waals surface area contributed by atoms with Crippen LogP contribution in [0.4, 0.5) is 5.69 Å². The van der Waals surface area contributed by atoms with Gasteiger partial charge in [0.05, 0.1) is 6.61 Å². The molecule has 0 radical (unpaired) electrons. The highest BCUT2D eigenvalue weighted by Crippen LogP contribution is 2.24. The molecular formula is C14H20N2O6. The number of rotatable bonds is 4. The zero-order valence-corrected chi connectivity index (χ0v) is 12.0. The number of benzene rings is 1. The molecule has 0 bridgehead atoms. The van der Waals surface area contributed by atoms with E-state index >= 15 is 0 Å². The molecule has 1 aromatic rings. The number of ether oxygens (including phenoxy) is 2. The lowest BCUT2D eigenvalue weighted by atomic mass is 9.97. The number of nitrogens with two attached hydrogens (primary N) is 1. The fourth-order valence-electron chi connectivity index (χ4n) is 2.25. The molecule has 1 amide bonds. The molecule has 6 N–H and O–H groups in total. The zero-order valence-electron chi connectivity index (χ0n) is 12.0. The summed E-state index contributed by atoms with van der Waals surface area (Å²) in [5, 5.41) is 31.7. The van der Waals surface area contributed by atoms with Gasteiger partial charge < -0.3 is 35.8 Å². The molecule has 0 aromatic heterocycles. The highest BCUT2D eigenvalue weighted by Gasteiger charge is 2.46. The van der Waals surface area contributed by atoms with Crippen LogP contribution in [0.2, 0.25) is 0 Å². The van der Waals surface area contributed by atoms with Crippen molar-refractivity contribution < 1.29 is 29.6 Å². The fourth-order valence-corrected chi connectivity index (χ4v) is 2.25. The minimum absolute atomic E-state index is 0.409. The number of carbonyl (C=O) groups is 1. The number of amides is 1. The number of nitrogens with one attached hydrogen (secondary N) is 1. The first kappa shape index (κ1) is 16.5. The summed E-state index contributed by atoms with van der Waals surface area (Å²) in [5.41, 5.74) is 6.14. The van der Waals surface area contributed by atoms with Crippen molar-refractivity contribution in [1.82, 2.24) is 5.32 Å². The lowest BCUT2D eigenvalue weighted by Gasteiger charge is -2.42. The first-order valence-corrected chi connectivity index (χ1v) is 6.84. The second kappa shape index (κ2) is 6.93. The first-order valence-electron chi connectivity index (χ1n) is 6.84. The van der Waals surface area contributed by atoms with Crippen LogP contribution in [-0.2, 0) is 9.53 Å². The van der Waals surface area contributed by atoms with Crippen molar-refractivity contribution in [2.45, 2.75) is 37.6 Å². The van der Waals surface area contributed by atoms with Crippen LogP contribution >= 0.6 is 0 Å². The summed E-state index contributed by atoms with van der Waals surface area (Å²) < 4.78 is 11.0. The molecule has 5 atom stereocenters. The molecule has 1 aliphatic heterocycles. The third-order valence-corrected chi connectivity index (χ3v) is 3.38. The Kier molecular flexibility index (Phi) is 5.19. The average molecular weight is 312 g/mol. The summed E-state index contributed by atoms with van der Waals surface area (Å²) in [6, 6.07) is 5.48. The smallest absolute Gasteiger partial charge is 0.223 e. The van der Waals surface area contributed by atoms with E-state index in [0.717, 1.165) is 0 Å². The number of aliphatic hydroxyl groups is 3. The summed E-state index contributed by atoms with van der Waals surface area (Å²) in [6.07, 6.45) is -4.76. The molecule has 1 aliphatic rings. The molecule has 22 heavy (non-hydrogen) atoms. The Morgan fingerprint density at radius 1 is 1.32 bits per heavy atom. The van der Waals surface area contributed by atoms with Crippen LogP contribution in [0, 0.1) is 0 Å². The predicted molar refractivity (Wildman–Crippen MR) is 76.8 cm³/mol. The number of anilines is 1. The average Bonchev–Trinajstić information content (AvgIpc) is 2.48. The highest BCUT2D eigenvalue weighted by atomic mass is 16.7. The van der Waals surface area contributed by atoms with E-state index in [1.54, 1.807) is 24.3 Å². The van der Waals surface area contributed by atoms with Crippen molar-refractivity contribution in [1.29, 1.82) is 0 Å². The summed E-state index contributed by atoms with van der Waals surface area (Å²) in [6.45, 7) is 0.782. The second-order valence-corrected chi connectivity index (χ2v) is 5.12. The van der Waals surface area contributed by atoms with Gasteiger partial charge in [0.15, 0.2) is 0 Å². The molecule has 0 aliphatic carbocycles. The lowest BCUT2D eigenvalue weighted by Crippen LogP contribution is -2.65. The lowest BCUT2D eigenvalue weighted by molar-refractivity contribution is -0.244. The van der Waals surface area contributed by atoms with Gasteiger partial charge in [-0.15, -0.1) is 0 Å². The quantitative estimate of drug-likeness (QED) is 0.431. The molecule has 2 rings (SSSR count). The normalized spacial score (nSPS) is 31.5. The molecule has 8 heteroatoms.